The first kappa shape index (κ1) is 11.4. The van der Waals surface area contributed by atoms with Gasteiger partial charge in [-0.1, -0.05) is 0 Å². The number of nitrogens with zero attached hydrogens (tertiary/aromatic N) is 2. The molecule has 88 valence electrons. The van der Waals surface area contributed by atoms with Gasteiger partial charge in [0.2, 0.25) is 0 Å². The van der Waals surface area contributed by atoms with Crippen molar-refractivity contribution >= 4 is 0 Å². The third-order valence-corrected chi connectivity index (χ3v) is 4.02. The summed E-state index contributed by atoms with van der Waals surface area (Å²) >= 11 is 0. The van der Waals surface area contributed by atoms with Gasteiger partial charge in [0, 0.05) is 32.2 Å². The number of piperazine rings is 1. The Morgan fingerprint density at radius 1 is 1.20 bits per heavy atom. The summed E-state index contributed by atoms with van der Waals surface area (Å²) in [7, 11) is 2.24. The lowest BCUT2D eigenvalue weighted by Gasteiger charge is -2.39. The Balaban J connectivity index is 1.74. The fourth-order valence-corrected chi connectivity index (χ4v) is 2.72. The molecule has 2 saturated heterocycles. The van der Waals surface area contributed by atoms with Gasteiger partial charge in [-0.2, -0.15) is 0 Å². The quantitative estimate of drug-likeness (QED) is 0.722. The number of likely N-dealkylation sites (N-methyl/N-ethyl adjacent to an activating group) is 1. The van der Waals surface area contributed by atoms with E-state index in [1.165, 1.54) is 52.1 Å². The Morgan fingerprint density at radius 3 is 2.60 bits per heavy atom. The fraction of sp³-hybridized carbons (Fsp3) is 1.00. The van der Waals surface area contributed by atoms with Crippen LogP contribution in [-0.2, 0) is 0 Å². The molecule has 0 aromatic heterocycles. The highest BCUT2D eigenvalue weighted by Gasteiger charge is 2.23. The van der Waals surface area contributed by atoms with E-state index in [9.17, 15) is 0 Å². The monoisotopic (exact) mass is 211 g/mol. The zero-order valence-corrected chi connectivity index (χ0v) is 10.2. The molecular weight excluding hydrogens is 186 g/mol. The van der Waals surface area contributed by atoms with Crippen molar-refractivity contribution in [1.82, 2.24) is 15.1 Å². The topological polar surface area (TPSA) is 18.5 Å². The first-order valence-corrected chi connectivity index (χ1v) is 6.39. The van der Waals surface area contributed by atoms with Crippen LogP contribution in [0.1, 0.15) is 19.8 Å². The van der Waals surface area contributed by atoms with Crippen LogP contribution >= 0.6 is 0 Å². The molecule has 0 aliphatic carbocycles. The van der Waals surface area contributed by atoms with Crippen molar-refractivity contribution in [3.05, 3.63) is 0 Å². The average molecular weight is 211 g/mol. The smallest absolute Gasteiger partial charge is 0.0192 e. The maximum Gasteiger partial charge on any atom is 0.0192 e. The molecule has 3 nitrogen and oxygen atoms in total. The zero-order valence-electron chi connectivity index (χ0n) is 10.2. The van der Waals surface area contributed by atoms with E-state index in [1.54, 1.807) is 0 Å². The van der Waals surface area contributed by atoms with Crippen molar-refractivity contribution in [3.8, 4) is 0 Å². The summed E-state index contributed by atoms with van der Waals surface area (Å²) in [4.78, 5) is 5.14. The lowest BCUT2D eigenvalue weighted by atomic mass is 9.97. The van der Waals surface area contributed by atoms with Crippen molar-refractivity contribution in [2.75, 3.05) is 46.3 Å². The van der Waals surface area contributed by atoms with Gasteiger partial charge in [-0.05, 0) is 45.8 Å². The van der Waals surface area contributed by atoms with Crippen molar-refractivity contribution in [1.29, 1.82) is 0 Å². The molecule has 0 amide bonds. The van der Waals surface area contributed by atoms with Gasteiger partial charge in [-0.15, -0.1) is 0 Å². The van der Waals surface area contributed by atoms with Crippen LogP contribution < -0.4 is 5.32 Å². The van der Waals surface area contributed by atoms with E-state index < -0.39 is 0 Å². The minimum absolute atomic E-state index is 0.737. The van der Waals surface area contributed by atoms with Gasteiger partial charge in [-0.25, -0.2) is 0 Å². The minimum atomic E-state index is 0.737. The maximum atomic E-state index is 3.44. The summed E-state index contributed by atoms with van der Waals surface area (Å²) in [5.41, 5.74) is 0. The van der Waals surface area contributed by atoms with E-state index in [0.717, 1.165) is 12.0 Å². The molecule has 2 heterocycles. The highest BCUT2D eigenvalue weighted by Crippen LogP contribution is 2.16. The number of rotatable bonds is 2. The Hall–Kier alpha value is -0.120. The van der Waals surface area contributed by atoms with Crippen LogP contribution in [0.25, 0.3) is 0 Å². The van der Waals surface area contributed by atoms with E-state index in [4.69, 9.17) is 0 Å². The van der Waals surface area contributed by atoms with Crippen molar-refractivity contribution < 1.29 is 0 Å². The number of piperidine rings is 1. The number of nitrogens with one attached hydrogen (secondary N) is 1. The van der Waals surface area contributed by atoms with Gasteiger partial charge >= 0.3 is 0 Å². The molecule has 2 fully saturated rings. The molecule has 2 rings (SSSR count). The fourth-order valence-electron chi connectivity index (χ4n) is 2.72. The Bertz CT molecular complexity index is 189. The minimum Gasteiger partial charge on any atom is -0.317 e. The molecule has 3 heteroatoms. The van der Waals surface area contributed by atoms with Gasteiger partial charge in [0.15, 0.2) is 0 Å². The third kappa shape index (κ3) is 3.16. The maximum absolute atomic E-state index is 3.44. The molecular formula is C12H25N3. The SMILES string of the molecule is CC1CN(CC2CCNCC2)CCN1C. The van der Waals surface area contributed by atoms with Crippen LogP contribution in [-0.4, -0.2) is 62.2 Å². The molecule has 0 radical (unpaired) electrons. The molecule has 0 spiro atoms. The molecule has 0 saturated carbocycles. The Kier molecular flexibility index (Phi) is 4.00. The predicted octanol–water partition coefficient (Wildman–Crippen LogP) is 0.622. The molecule has 0 bridgehead atoms. The zero-order chi connectivity index (χ0) is 10.7. The highest BCUT2D eigenvalue weighted by atomic mass is 15.3. The molecule has 0 aromatic rings. The van der Waals surface area contributed by atoms with Crippen molar-refractivity contribution in [3.63, 3.8) is 0 Å². The van der Waals surface area contributed by atoms with Crippen LogP contribution in [0.3, 0.4) is 0 Å². The molecule has 1 N–H and O–H groups in total. The van der Waals surface area contributed by atoms with Gasteiger partial charge in [-0.3, -0.25) is 0 Å². The third-order valence-electron chi connectivity index (χ3n) is 4.02. The summed E-state index contributed by atoms with van der Waals surface area (Å²) < 4.78 is 0. The van der Waals surface area contributed by atoms with Gasteiger partial charge < -0.3 is 15.1 Å². The summed E-state index contributed by atoms with van der Waals surface area (Å²) in [6, 6.07) is 0.737. The second-order valence-electron chi connectivity index (χ2n) is 5.28. The summed E-state index contributed by atoms with van der Waals surface area (Å²) in [6.45, 7) is 9.91. The Morgan fingerprint density at radius 2 is 1.93 bits per heavy atom. The number of hydrogen-bond acceptors (Lipinski definition) is 3. The predicted molar refractivity (Wildman–Crippen MR) is 64.1 cm³/mol. The average Bonchev–Trinajstić information content (AvgIpc) is 2.25. The number of hydrogen-bond donors (Lipinski definition) is 1. The van der Waals surface area contributed by atoms with Crippen LogP contribution in [0.15, 0.2) is 0 Å². The second-order valence-corrected chi connectivity index (χ2v) is 5.28. The van der Waals surface area contributed by atoms with E-state index in [2.05, 4.69) is 29.1 Å². The van der Waals surface area contributed by atoms with Crippen LogP contribution in [0.5, 0.6) is 0 Å². The first-order chi connectivity index (χ1) is 7.25. The first-order valence-electron chi connectivity index (χ1n) is 6.39. The van der Waals surface area contributed by atoms with Gasteiger partial charge in [0.25, 0.3) is 0 Å². The van der Waals surface area contributed by atoms with Gasteiger partial charge in [0.1, 0.15) is 0 Å². The largest absolute Gasteiger partial charge is 0.317 e. The summed E-state index contributed by atoms with van der Waals surface area (Å²) in [5, 5.41) is 3.44. The van der Waals surface area contributed by atoms with Gasteiger partial charge in [0.05, 0.1) is 0 Å². The second kappa shape index (κ2) is 5.28. The lowest BCUT2D eigenvalue weighted by molar-refractivity contribution is 0.0872. The summed E-state index contributed by atoms with van der Waals surface area (Å²) in [6.07, 6.45) is 2.75. The molecule has 0 aromatic carbocycles. The van der Waals surface area contributed by atoms with Crippen LogP contribution in [0, 0.1) is 5.92 Å². The van der Waals surface area contributed by atoms with E-state index in [-0.39, 0.29) is 0 Å². The molecule has 15 heavy (non-hydrogen) atoms. The van der Waals surface area contributed by atoms with Crippen LogP contribution in [0.2, 0.25) is 0 Å². The molecule has 2 aliphatic heterocycles. The van der Waals surface area contributed by atoms with E-state index in [1.807, 2.05) is 0 Å². The standard InChI is InChI=1S/C12H25N3/c1-11-9-15(8-7-14(11)2)10-12-3-5-13-6-4-12/h11-13H,3-10H2,1-2H3. The lowest BCUT2D eigenvalue weighted by Crippen LogP contribution is -2.51. The van der Waals surface area contributed by atoms with Crippen molar-refractivity contribution in [2.45, 2.75) is 25.8 Å². The molecule has 1 unspecified atom stereocenters. The van der Waals surface area contributed by atoms with E-state index >= 15 is 0 Å². The Labute approximate surface area is 93.8 Å². The highest BCUT2D eigenvalue weighted by molar-refractivity contribution is 4.79. The summed E-state index contributed by atoms with van der Waals surface area (Å²) in [5.74, 6) is 0.946. The molecule has 2 aliphatic rings. The normalized spacial score (nSPS) is 32.0. The van der Waals surface area contributed by atoms with Crippen LogP contribution in [0.4, 0.5) is 0 Å². The van der Waals surface area contributed by atoms with Crippen molar-refractivity contribution in [2.24, 2.45) is 5.92 Å². The van der Waals surface area contributed by atoms with E-state index in [0.29, 0.717) is 0 Å². The molecule has 1 atom stereocenters.